The summed E-state index contributed by atoms with van der Waals surface area (Å²) in [7, 11) is 2.02. The summed E-state index contributed by atoms with van der Waals surface area (Å²) in [5, 5.41) is 0. The first kappa shape index (κ1) is 36.6. The van der Waals surface area contributed by atoms with E-state index < -0.39 is 5.60 Å². The number of pyridine rings is 2. The number of hydrogen-bond donors (Lipinski definition) is 0. The van der Waals surface area contributed by atoms with Crippen molar-refractivity contribution in [2.75, 3.05) is 56.5 Å². The van der Waals surface area contributed by atoms with Gasteiger partial charge in [-0.3, -0.25) is 9.97 Å². The van der Waals surface area contributed by atoms with Gasteiger partial charge in [0, 0.05) is 43.2 Å². The van der Waals surface area contributed by atoms with E-state index in [1.54, 1.807) is 6.07 Å². The molecular formula is C38H55FN4O4. The zero-order valence-electron chi connectivity index (χ0n) is 30.2. The monoisotopic (exact) mass is 650 g/mol. The van der Waals surface area contributed by atoms with E-state index in [2.05, 4.69) is 63.5 Å². The number of aryl methyl sites for hydroxylation is 2. The fourth-order valence-corrected chi connectivity index (χ4v) is 5.77. The predicted octanol–water partition coefficient (Wildman–Crippen LogP) is 8.30. The Hall–Kier alpha value is -3.27. The Morgan fingerprint density at radius 2 is 1.74 bits per heavy atom. The van der Waals surface area contributed by atoms with Crippen LogP contribution in [-0.4, -0.2) is 68.4 Å². The van der Waals surface area contributed by atoms with Crippen LogP contribution >= 0.6 is 0 Å². The third kappa shape index (κ3) is 10.4. The lowest BCUT2D eigenvalue weighted by Crippen LogP contribution is -2.39. The van der Waals surface area contributed by atoms with Crippen LogP contribution in [0.25, 0.3) is 11.3 Å². The lowest BCUT2D eigenvalue weighted by atomic mass is 9.82. The van der Waals surface area contributed by atoms with Gasteiger partial charge in [0.05, 0.1) is 48.1 Å². The second-order valence-electron chi connectivity index (χ2n) is 14.7. The average molecular weight is 651 g/mol. The second kappa shape index (κ2) is 15.8. The van der Waals surface area contributed by atoms with Crippen molar-refractivity contribution in [1.82, 2.24) is 9.97 Å². The molecule has 0 bridgehead atoms. The summed E-state index contributed by atoms with van der Waals surface area (Å²) in [5.41, 5.74) is 6.56. The summed E-state index contributed by atoms with van der Waals surface area (Å²) in [4.78, 5) is 14.5. The molecule has 4 rings (SSSR count). The molecule has 258 valence electrons. The average Bonchev–Trinajstić information content (AvgIpc) is 2.99. The van der Waals surface area contributed by atoms with Gasteiger partial charge in [-0.1, -0.05) is 13.8 Å². The Kier molecular flexibility index (Phi) is 12.3. The fourth-order valence-electron chi connectivity index (χ4n) is 5.77. The maximum atomic E-state index is 13.5. The van der Waals surface area contributed by atoms with Crippen LogP contribution in [0.1, 0.15) is 84.2 Å². The topological polar surface area (TPSA) is 69.2 Å². The zero-order chi connectivity index (χ0) is 34.4. The van der Waals surface area contributed by atoms with Gasteiger partial charge in [-0.05, 0) is 103 Å². The molecule has 1 fully saturated rings. The third-order valence-electron chi connectivity index (χ3n) is 8.58. The van der Waals surface area contributed by atoms with Crippen LogP contribution in [0.2, 0.25) is 0 Å². The van der Waals surface area contributed by atoms with Crippen molar-refractivity contribution >= 4 is 11.4 Å². The summed E-state index contributed by atoms with van der Waals surface area (Å²) in [5.74, 6) is 0.430. The number of aromatic nitrogens is 2. The van der Waals surface area contributed by atoms with Gasteiger partial charge in [-0.2, -0.15) is 0 Å². The quantitative estimate of drug-likeness (QED) is 0.128. The summed E-state index contributed by atoms with van der Waals surface area (Å²) in [6, 6.07) is 8.73. The molecule has 0 N–H and O–H groups in total. The Bertz CT molecular complexity index is 1450. The number of piperidine rings is 1. The third-order valence-corrected chi connectivity index (χ3v) is 8.58. The Labute approximate surface area is 281 Å². The highest BCUT2D eigenvalue weighted by Gasteiger charge is 2.33. The number of halogens is 1. The molecule has 1 aromatic carbocycles. The van der Waals surface area contributed by atoms with E-state index in [0.717, 1.165) is 65.4 Å². The minimum atomic E-state index is -0.403. The van der Waals surface area contributed by atoms with E-state index in [9.17, 15) is 4.39 Å². The lowest BCUT2D eigenvalue weighted by Gasteiger charge is -2.41. The molecular weight excluding hydrogens is 595 g/mol. The van der Waals surface area contributed by atoms with Crippen molar-refractivity contribution in [3.63, 3.8) is 0 Å². The van der Waals surface area contributed by atoms with Crippen molar-refractivity contribution in [2.24, 2.45) is 5.41 Å². The van der Waals surface area contributed by atoms with Crippen LogP contribution in [0.4, 0.5) is 15.8 Å². The first-order valence-electron chi connectivity index (χ1n) is 16.8. The summed E-state index contributed by atoms with van der Waals surface area (Å²) in [6.45, 7) is 22.3. The van der Waals surface area contributed by atoms with Gasteiger partial charge < -0.3 is 28.7 Å². The minimum Gasteiger partial charge on any atom is -0.491 e. The largest absolute Gasteiger partial charge is 0.491 e. The molecule has 3 aromatic rings. The Balaban J connectivity index is 1.63. The summed E-state index contributed by atoms with van der Waals surface area (Å²) in [6.07, 6.45) is 5.77. The molecule has 1 atom stereocenters. The first-order valence-corrected chi connectivity index (χ1v) is 16.8. The van der Waals surface area contributed by atoms with Gasteiger partial charge in [0.25, 0.3) is 0 Å². The van der Waals surface area contributed by atoms with Gasteiger partial charge in [-0.25, -0.2) is 4.39 Å². The van der Waals surface area contributed by atoms with Crippen LogP contribution in [0.3, 0.4) is 0 Å². The molecule has 47 heavy (non-hydrogen) atoms. The maximum Gasteiger partial charge on any atom is 0.147 e. The lowest BCUT2D eigenvalue weighted by molar-refractivity contribution is -0.136. The molecule has 9 heteroatoms. The summed E-state index contributed by atoms with van der Waals surface area (Å²) < 4.78 is 37.9. The molecule has 1 saturated heterocycles. The van der Waals surface area contributed by atoms with E-state index in [-0.39, 0.29) is 24.8 Å². The molecule has 1 aliphatic rings. The minimum absolute atomic E-state index is 0.0793. The molecule has 1 aliphatic heterocycles. The standard InChI is InChI=1S/C38H55FN4O4/c1-26(2)46-25-44-24-34(47-37(5,6)7)35-28(4)40-23-31(36(35)43-17-15-38(8,9)16-18-43)32-13-12-30(22-41-32)42(10)19-20-45-33-14-11-29(39)21-27(33)3/h11-14,21-23,26,34H,15-20,24-25H2,1-10H3/t34-/m1/s1. The van der Waals surface area contributed by atoms with Gasteiger partial charge in [0.15, 0.2) is 0 Å². The molecule has 0 amide bonds. The van der Waals surface area contributed by atoms with Gasteiger partial charge >= 0.3 is 0 Å². The van der Waals surface area contributed by atoms with Crippen LogP contribution in [-0.2, 0) is 14.2 Å². The number of hydrogen-bond acceptors (Lipinski definition) is 8. The van der Waals surface area contributed by atoms with Crippen LogP contribution in [0.5, 0.6) is 5.75 Å². The highest BCUT2D eigenvalue weighted by atomic mass is 19.1. The SMILES string of the molecule is Cc1cc(F)ccc1OCCN(C)c1ccc(-c2cnc(C)c([C@@H](COCOC(C)C)OC(C)(C)C)c2N2CCC(C)(C)CC2)nc1. The zero-order valence-corrected chi connectivity index (χ0v) is 30.2. The van der Waals surface area contributed by atoms with Crippen molar-refractivity contribution in [3.8, 4) is 17.0 Å². The molecule has 3 heterocycles. The number of likely N-dealkylation sites (N-methyl/N-ethyl adjacent to an activating group) is 1. The first-order chi connectivity index (χ1) is 22.1. The molecule has 2 aromatic heterocycles. The Morgan fingerprint density at radius 1 is 1.02 bits per heavy atom. The smallest absolute Gasteiger partial charge is 0.147 e. The molecule has 8 nitrogen and oxygen atoms in total. The molecule has 0 unspecified atom stereocenters. The van der Waals surface area contributed by atoms with Crippen molar-refractivity contribution < 1.29 is 23.3 Å². The summed E-state index contributed by atoms with van der Waals surface area (Å²) >= 11 is 0. The molecule has 0 spiro atoms. The van der Waals surface area contributed by atoms with Crippen LogP contribution in [0.15, 0.2) is 42.7 Å². The molecule has 0 saturated carbocycles. The van der Waals surface area contributed by atoms with Crippen LogP contribution in [0, 0.1) is 25.1 Å². The van der Waals surface area contributed by atoms with Crippen molar-refractivity contribution in [1.29, 1.82) is 0 Å². The Morgan fingerprint density at radius 3 is 2.36 bits per heavy atom. The van der Waals surface area contributed by atoms with Crippen molar-refractivity contribution in [2.45, 2.75) is 93.0 Å². The van der Waals surface area contributed by atoms with Gasteiger partial charge in [0.1, 0.15) is 31.1 Å². The second-order valence-corrected chi connectivity index (χ2v) is 14.7. The number of nitrogens with zero attached hydrogens (tertiary/aromatic N) is 4. The number of anilines is 2. The highest BCUT2D eigenvalue weighted by Crippen LogP contribution is 2.43. The van der Waals surface area contributed by atoms with E-state index >= 15 is 0 Å². The van der Waals surface area contributed by atoms with E-state index in [0.29, 0.717) is 30.9 Å². The molecule has 0 aliphatic carbocycles. The fraction of sp³-hybridized carbons (Fsp3) is 0.579. The predicted molar refractivity (Wildman–Crippen MR) is 188 cm³/mol. The maximum absolute atomic E-state index is 13.5. The van der Waals surface area contributed by atoms with Crippen LogP contribution < -0.4 is 14.5 Å². The van der Waals surface area contributed by atoms with E-state index in [1.807, 2.05) is 40.2 Å². The normalized spacial score (nSPS) is 15.6. The van der Waals surface area contributed by atoms with Gasteiger partial charge in [0.2, 0.25) is 0 Å². The molecule has 0 radical (unpaired) electrons. The van der Waals surface area contributed by atoms with Gasteiger partial charge in [-0.15, -0.1) is 0 Å². The number of rotatable bonds is 14. The van der Waals surface area contributed by atoms with E-state index in [4.69, 9.17) is 28.9 Å². The van der Waals surface area contributed by atoms with Crippen molar-refractivity contribution in [3.05, 3.63) is 65.4 Å². The number of ether oxygens (including phenoxy) is 4. The number of benzene rings is 1. The highest BCUT2D eigenvalue weighted by molar-refractivity contribution is 5.80. The van der Waals surface area contributed by atoms with E-state index in [1.165, 1.54) is 12.1 Å².